The maximum absolute atomic E-state index is 12.9. The molecule has 4 rings (SSSR count). The van der Waals surface area contributed by atoms with Gasteiger partial charge in [-0.3, -0.25) is 14.6 Å². The fourth-order valence-electron chi connectivity index (χ4n) is 3.10. The number of nitrogens with zero attached hydrogens (tertiary/aromatic N) is 4. The third-order valence-corrected chi connectivity index (χ3v) is 4.66. The summed E-state index contributed by atoms with van der Waals surface area (Å²) in [6.07, 6.45) is 3.33. The SMILES string of the molecule is C/C(=N\NC(=O)c1nn(Cc2ccccc2)c(=O)c2ccccc12)c1cccnc1. The highest BCUT2D eigenvalue weighted by Crippen LogP contribution is 2.14. The average Bonchev–Trinajstić information content (AvgIpc) is 2.80. The van der Waals surface area contributed by atoms with Gasteiger partial charge < -0.3 is 0 Å². The number of carbonyl (C=O) groups is 1. The molecule has 0 aliphatic carbocycles. The molecule has 1 N–H and O–H groups in total. The number of benzene rings is 2. The molecule has 0 unspecified atom stereocenters. The highest BCUT2D eigenvalue weighted by atomic mass is 16.2. The molecular formula is C23H19N5O2. The van der Waals surface area contributed by atoms with Crippen LogP contribution < -0.4 is 11.0 Å². The number of hydrazone groups is 1. The topological polar surface area (TPSA) is 89.2 Å². The zero-order valence-electron chi connectivity index (χ0n) is 16.3. The molecule has 0 aliphatic heterocycles. The van der Waals surface area contributed by atoms with Gasteiger partial charge in [-0.1, -0.05) is 54.6 Å². The molecule has 0 aliphatic rings. The van der Waals surface area contributed by atoms with Crippen LogP contribution in [0.4, 0.5) is 0 Å². The normalized spacial score (nSPS) is 11.4. The Morgan fingerprint density at radius 1 is 1.00 bits per heavy atom. The lowest BCUT2D eigenvalue weighted by molar-refractivity contribution is 0.0949. The van der Waals surface area contributed by atoms with E-state index in [1.165, 1.54) is 4.68 Å². The van der Waals surface area contributed by atoms with Crippen molar-refractivity contribution in [3.63, 3.8) is 0 Å². The zero-order chi connectivity index (χ0) is 20.9. The van der Waals surface area contributed by atoms with E-state index in [2.05, 4.69) is 20.6 Å². The lowest BCUT2D eigenvalue weighted by Crippen LogP contribution is -2.29. The fraction of sp³-hybridized carbons (Fsp3) is 0.0870. The Labute approximate surface area is 172 Å². The van der Waals surface area contributed by atoms with Crippen LogP contribution >= 0.6 is 0 Å². The predicted octanol–water partition coefficient (Wildman–Crippen LogP) is 2.99. The minimum Gasteiger partial charge on any atom is -0.267 e. The number of aromatic nitrogens is 3. The Bertz CT molecular complexity index is 1280. The molecule has 2 aromatic heterocycles. The van der Waals surface area contributed by atoms with E-state index in [-0.39, 0.29) is 17.8 Å². The second kappa shape index (κ2) is 8.48. The number of carbonyl (C=O) groups excluding carboxylic acids is 1. The molecule has 2 heterocycles. The Balaban J connectivity index is 1.71. The minimum atomic E-state index is -0.490. The largest absolute Gasteiger partial charge is 0.292 e. The smallest absolute Gasteiger partial charge is 0.267 e. The van der Waals surface area contributed by atoms with Crippen LogP contribution in [0.1, 0.15) is 28.5 Å². The van der Waals surface area contributed by atoms with Crippen LogP contribution in [0.2, 0.25) is 0 Å². The zero-order valence-corrected chi connectivity index (χ0v) is 16.3. The van der Waals surface area contributed by atoms with Crippen LogP contribution in [0.3, 0.4) is 0 Å². The van der Waals surface area contributed by atoms with E-state index < -0.39 is 5.91 Å². The van der Waals surface area contributed by atoms with E-state index in [0.29, 0.717) is 16.5 Å². The third kappa shape index (κ3) is 4.00. The summed E-state index contributed by atoms with van der Waals surface area (Å²) in [6.45, 7) is 2.04. The van der Waals surface area contributed by atoms with Crippen LogP contribution in [0, 0.1) is 0 Å². The van der Waals surface area contributed by atoms with Crippen molar-refractivity contribution in [2.45, 2.75) is 13.5 Å². The van der Waals surface area contributed by atoms with Crippen molar-refractivity contribution in [1.29, 1.82) is 0 Å². The standard InChI is InChI=1S/C23H19N5O2/c1-16(18-10-7-13-24-14-18)25-26-22(29)21-19-11-5-6-12-20(19)23(30)28(27-21)15-17-8-3-2-4-9-17/h2-14H,15H2,1H3,(H,26,29)/b25-16+. The van der Waals surface area contributed by atoms with Crippen molar-refractivity contribution in [1.82, 2.24) is 20.2 Å². The van der Waals surface area contributed by atoms with Gasteiger partial charge in [-0.2, -0.15) is 10.2 Å². The quantitative estimate of drug-likeness (QED) is 0.414. The molecule has 0 spiro atoms. The number of nitrogens with one attached hydrogen (secondary N) is 1. The van der Waals surface area contributed by atoms with Gasteiger partial charge in [0.25, 0.3) is 11.5 Å². The molecule has 0 radical (unpaired) electrons. The monoisotopic (exact) mass is 397 g/mol. The van der Waals surface area contributed by atoms with Crippen molar-refractivity contribution in [3.8, 4) is 0 Å². The Hall–Kier alpha value is -4.13. The van der Waals surface area contributed by atoms with Crippen LogP contribution in [-0.4, -0.2) is 26.4 Å². The highest BCUT2D eigenvalue weighted by molar-refractivity contribution is 6.06. The van der Waals surface area contributed by atoms with Crippen molar-refractivity contribution in [3.05, 3.63) is 106 Å². The predicted molar refractivity (Wildman–Crippen MR) is 115 cm³/mol. The van der Waals surface area contributed by atoms with Gasteiger partial charge in [-0.05, 0) is 24.6 Å². The molecule has 0 bridgehead atoms. The third-order valence-electron chi connectivity index (χ3n) is 4.66. The summed E-state index contributed by atoms with van der Waals surface area (Å²) < 4.78 is 1.31. The van der Waals surface area contributed by atoms with E-state index in [1.54, 1.807) is 49.6 Å². The molecule has 30 heavy (non-hydrogen) atoms. The van der Waals surface area contributed by atoms with Gasteiger partial charge in [0.15, 0.2) is 5.69 Å². The number of amides is 1. The van der Waals surface area contributed by atoms with Crippen LogP contribution in [0.15, 0.2) is 89.0 Å². The Morgan fingerprint density at radius 2 is 1.73 bits per heavy atom. The van der Waals surface area contributed by atoms with Crippen LogP contribution in [-0.2, 0) is 6.54 Å². The van der Waals surface area contributed by atoms with Crippen LogP contribution in [0.5, 0.6) is 0 Å². The highest BCUT2D eigenvalue weighted by Gasteiger charge is 2.16. The second-order valence-corrected chi connectivity index (χ2v) is 6.72. The second-order valence-electron chi connectivity index (χ2n) is 6.72. The summed E-state index contributed by atoms with van der Waals surface area (Å²) in [5, 5.41) is 9.44. The van der Waals surface area contributed by atoms with Crippen molar-refractivity contribution in [2.24, 2.45) is 5.10 Å². The Kier molecular flexibility index (Phi) is 5.43. The van der Waals surface area contributed by atoms with Gasteiger partial charge in [0.1, 0.15) is 0 Å². The number of pyridine rings is 1. The number of fused-ring (bicyclic) bond motifs is 1. The van der Waals surface area contributed by atoms with E-state index in [1.807, 2.05) is 36.4 Å². The molecule has 7 nitrogen and oxygen atoms in total. The first-order valence-corrected chi connectivity index (χ1v) is 9.42. The number of hydrogen-bond acceptors (Lipinski definition) is 5. The van der Waals surface area contributed by atoms with E-state index in [9.17, 15) is 9.59 Å². The first-order chi connectivity index (χ1) is 14.6. The molecular weight excluding hydrogens is 378 g/mol. The van der Waals surface area contributed by atoms with Gasteiger partial charge in [0.05, 0.1) is 17.6 Å². The molecule has 4 aromatic rings. The molecule has 148 valence electrons. The summed E-state index contributed by atoms with van der Waals surface area (Å²) in [5.74, 6) is -0.490. The molecule has 0 atom stereocenters. The molecule has 0 saturated carbocycles. The minimum absolute atomic E-state index is 0.142. The first kappa shape index (κ1) is 19.2. The summed E-state index contributed by atoms with van der Waals surface area (Å²) in [7, 11) is 0. The summed E-state index contributed by atoms with van der Waals surface area (Å²) in [6, 6.07) is 20.1. The molecule has 1 amide bonds. The van der Waals surface area contributed by atoms with Gasteiger partial charge in [-0.25, -0.2) is 10.1 Å². The lowest BCUT2D eigenvalue weighted by Gasteiger charge is -2.10. The average molecular weight is 397 g/mol. The maximum Gasteiger partial charge on any atom is 0.292 e. The van der Waals surface area contributed by atoms with E-state index in [4.69, 9.17) is 0 Å². The van der Waals surface area contributed by atoms with Crippen molar-refractivity contribution < 1.29 is 4.79 Å². The van der Waals surface area contributed by atoms with Crippen LogP contribution in [0.25, 0.3) is 10.8 Å². The maximum atomic E-state index is 12.9. The van der Waals surface area contributed by atoms with Gasteiger partial charge in [-0.15, -0.1) is 0 Å². The first-order valence-electron chi connectivity index (χ1n) is 9.42. The summed E-state index contributed by atoms with van der Waals surface area (Å²) in [4.78, 5) is 29.8. The van der Waals surface area contributed by atoms with Gasteiger partial charge in [0.2, 0.25) is 0 Å². The van der Waals surface area contributed by atoms with Gasteiger partial charge >= 0.3 is 0 Å². The number of hydrogen-bond donors (Lipinski definition) is 1. The summed E-state index contributed by atoms with van der Waals surface area (Å²) >= 11 is 0. The van der Waals surface area contributed by atoms with Gasteiger partial charge in [0, 0.05) is 23.3 Å². The van der Waals surface area contributed by atoms with E-state index in [0.717, 1.165) is 11.1 Å². The lowest BCUT2D eigenvalue weighted by atomic mass is 10.1. The molecule has 2 aromatic carbocycles. The number of rotatable bonds is 5. The van der Waals surface area contributed by atoms with Crippen molar-refractivity contribution in [2.75, 3.05) is 0 Å². The molecule has 0 fully saturated rings. The fourth-order valence-corrected chi connectivity index (χ4v) is 3.10. The summed E-state index contributed by atoms with van der Waals surface area (Å²) in [5.41, 5.74) is 4.76. The van der Waals surface area contributed by atoms with Crippen molar-refractivity contribution >= 4 is 22.4 Å². The molecule has 0 saturated heterocycles. The van der Waals surface area contributed by atoms with E-state index >= 15 is 0 Å². The Morgan fingerprint density at radius 3 is 2.47 bits per heavy atom. The molecule has 7 heteroatoms.